The molecule has 0 bridgehead atoms. The van der Waals surface area contributed by atoms with Crippen molar-refractivity contribution in [3.63, 3.8) is 0 Å². The van der Waals surface area contributed by atoms with Gasteiger partial charge >= 0.3 is 11.9 Å². The molecule has 1 fully saturated rings. The third-order valence-corrected chi connectivity index (χ3v) is 6.55. The summed E-state index contributed by atoms with van der Waals surface area (Å²) in [5, 5.41) is 14.5. The minimum Gasteiger partial charge on any atom is -0.466 e. The molecule has 0 spiro atoms. The van der Waals surface area contributed by atoms with E-state index >= 15 is 0 Å². The van der Waals surface area contributed by atoms with Crippen LogP contribution in [-0.2, 0) is 25.6 Å². The molecule has 2 aromatic carbocycles. The predicted molar refractivity (Wildman–Crippen MR) is 133 cm³/mol. The lowest BCUT2D eigenvalue weighted by atomic mass is 9.80. The molecule has 0 radical (unpaired) electrons. The van der Waals surface area contributed by atoms with Crippen molar-refractivity contribution < 1.29 is 24.0 Å². The molecule has 0 aromatic heterocycles. The number of hydrogen-bond donors (Lipinski definition) is 1. The average molecular weight is 492 g/mol. The number of nitro benzene ring substituents is 1. The zero-order valence-corrected chi connectivity index (χ0v) is 20.5. The number of nitrogens with one attached hydrogen (secondary N) is 1. The molecule has 2 aromatic rings. The van der Waals surface area contributed by atoms with E-state index in [4.69, 9.17) is 9.47 Å². The number of non-ortho nitro benzene ring substituents is 1. The van der Waals surface area contributed by atoms with Crippen LogP contribution in [0, 0.1) is 10.1 Å². The van der Waals surface area contributed by atoms with Gasteiger partial charge in [0.25, 0.3) is 5.69 Å². The highest BCUT2D eigenvalue weighted by molar-refractivity contribution is 6.00. The van der Waals surface area contributed by atoms with Crippen molar-refractivity contribution in [1.29, 1.82) is 0 Å². The zero-order valence-electron chi connectivity index (χ0n) is 20.5. The Kier molecular flexibility index (Phi) is 7.49. The number of methoxy groups -OCH3 is 1. The summed E-state index contributed by atoms with van der Waals surface area (Å²) in [6, 6.07) is 16.0. The fourth-order valence-corrected chi connectivity index (χ4v) is 4.89. The first-order valence-electron chi connectivity index (χ1n) is 11.8. The Bertz CT molecular complexity index is 1240. The molecule has 1 unspecified atom stereocenters. The van der Waals surface area contributed by atoms with Crippen molar-refractivity contribution in [2.24, 2.45) is 0 Å². The number of rotatable bonds is 7. The van der Waals surface area contributed by atoms with Crippen LogP contribution in [0.5, 0.6) is 0 Å². The van der Waals surface area contributed by atoms with E-state index in [1.165, 1.54) is 30.9 Å². The SMILES string of the molecule is COC(=O)C1=C(C)NC(C)=C(C(=O)O[C@H]2CCN(Cc3ccccc3)C2)C1c1cccc([N+](=O)[O-])c1. The maximum atomic E-state index is 13.5. The molecule has 2 aliphatic rings. The van der Waals surface area contributed by atoms with Crippen molar-refractivity contribution in [1.82, 2.24) is 10.2 Å². The molecule has 2 aliphatic heterocycles. The fourth-order valence-electron chi connectivity index (χ4n) is 4.89. The zero-order chi connectivity index (χ0) is 25.8. The molecule has 9 heteroatoms. The molecule has 2 heterocycles. The van der Waals surface area contributed by atoms with E-state index < -0.39 is 22.8 Å². The van der Waals surface area contributed by atoms with Gasteiger partial charge < -0.3 is 14.8 Å². The number of carbonyl (C=O) groups is 2. The van der Waals surface area contributed by atoms with Gasteiger partial charge in [0.1, 0.15) is 6.10 Å². The molecule has 4 rings (SSSR count). The van der Waals surface area contributed by atoms with E-state index in [0.717, 1.165) is 13.1 Å². The summed E-state index contributed by atoms with van der Waals surface area (Å²) in [6.45, 7) is 5.60. The van der Waals surface area contributed by atoms with Gasteiger partial charge in [-0.1, -0.05) is 42.5 Å². The van der Waals surface area contributed by atoms with Crippen LogP contribution in [0.1, 0.15) is 37.3 Å². The van der Waals surface area contributed by atoms with Crippen molar-refractivity contribution in [2.45, 2.75) is 38.8 Å². The second kappa shape index (κ2) is 10.7. The summed E-state index contributed by atoms with van der Waals surface area (Å²) in [6.07, 6.45) is 0.388. The molecule has 9 nitrogen and oxygen atoms in total. The third kappa shape index (κ3) is 5.31. The smallest absolute Gasteiger partial charge is 0.337 e. The quantitative estimate of drug-likeness (QED) is 0.354. The van der Waals surface area contributed by atoms with Gasteiger partial charge in [-0.15, -0.1) is 0 Å². The van der Waals surface area contributed by atoms with Gasteiger partial charge in [0, 0.05) is 43.2 Å². The number of nitrogens with zero attached hydrogens (tertiary/aromatic N) is 2. The van der Waals surface area contributed by atoms with Crippen molar-refractivity contribution in [3.05, 3.63) is 98.4 Å². The van der Waals surface area contributed by atoms with Gasteiger partial charge in [-0.25, -0.2) is 9.59 Å². The van der Waals surface area contributed by atoms with E-state index in [1.807, 2.05) is 18.2 Å². The van der Waals surface area contributed by atoms with Gasteiger partial charge in [-0.05, 0) is 31.4 Å². The number of allylic oxidation sites excluding steroid dienone is 2. The number of nitro groups is 1. The number of benzene rings is 2. The van der Waals surface area contributed by atoms with Gasteiger partial charge in [-0.2, -0.15) is 0 Å². The van der Waals surface area contributed by atoms with Gasteiger partial charge in [-0.3, -0.25) is 15.0 Å². The molecule has 188 valence electrons. The van der Waals surface area contributed by atoms with Gasteiger partial charge in [0.15, 0.2) is 0 Å². The Labute approximate surface area is 209 Å². The first kappa shape index (κ1) is 25.1. The summed E-state index contributed by atoms with van der Waals surface area (Å²) < 4.78 is 10.9. The van der Waals surface area contributed by atoms with E-state index in [0.29, 0.717) is 29.9 Å². The highest BCUT2D eigenvalue weighted by Gasteiger charge is 2.39. The molecule has 0 aliphatic carbocycles. The van der Waals surface area contributed by atoms with Crippen LogP contribution in [0.4, 0.5) is 5.69 Å². The first-order valence-corrected chi connectivity index (χ1v) is 11.8. The number of likely N-dealkylation sites (tertiary alicyclic amines) is 1. The molecule has 1 N–H and O–H groups in total. The van der Waals surface area contributed by atoms with Crippen molar-refractivity contribution in [2.75, 3.05) is 20.2 Å². The van der Waals surface area contributed by atoms with Crippen LogP contribution in [0.15, 0.2) is 77.1 Å². The summed E-state index contributed by atoms with van der Waals surface area (Å²) in [4.78, 5) is 39.5. The van der Waals surface area contributed by atoms with Crippen LogP contribution in [0.3, 0.4) is 0 Å². The molecule has 2 atom stereocenters. The summed E-state index contributed by atoms with van der Waals surface area (Å²) in [7, 11) is 1.26. The maximum Gasteiger partial charge on any atom is 0.337 e. The van der Waals surface area contributed by atoms with E-state index in [9.17, 15) is 19.7 Å². The Morgan fingerprint density at radius 3 is 2.42 bits per heavy atom. The molecule has 1 saturated heterocycles. The van der Waals surface area contributed by atoms with Crippen LogP contribution >= 0.6 is 0 Å². The minimum atomic E-state index is -0.868. The first-order chi connectivity index (χ1) is 17.3. The standard InChI is InChI=1S/C27H29N3O6/c1-17-23(26(31)35-3)25(20-10-7-11-21(14-20)30(33)34)24(18(2)28-17)27(32)36-22-12-13-29(16-22)15-19-8-5-4-6-9-19/h4-11,14,22,25,28H,12-13,15-16H2,1-3H3/t22-,25?/m0/s1. The topological polar surface area (TPSA) is 111 Å². The Balaban J connectivity index is 1.60. The number of dihydropyridines is 1. The maximum absolute atomic E-state index is 13.5. The third-order valence-electron chi connectivity index (χ3n) is 6.55. The van der Waals surface area contributed by atoms with E-state index in [1.54, 1.807) is 19.9 Å². The van der Waals surface area contributed by atoms with E-state index in [-0.39, 0.29) is 22.9 Å². The average Bonchev–Trinajstić information content (AvgIpc) is 3.30. The summed E-state index contributed by atoms with van der Waals surface area (Å²) in [5.74, 6) is -2.05. The predicted octanol–water partition coefficient (Wildman–Crippen LogP) is 3.82. The Morgan fingerprint density at radius 1 is 1.06 bits per heavy atom. The minimum absolute atomic E-state index is 0.134. The Morgan fingerprint density at radius 2 is 1.75 bits per heavy atom. The van der Waals surface area contributed by atoms with Crippen LogP contribution < -0.4 is 5.32 Å². The highest BCUT2D eigenvalue weighted by Crippen LogP contribution is 2.40. The highest BCUT2D eigenvalue weighted by atomic mass is 16.6. The van der Waals surface area contributed by atoms with Crippen molar-refractivity contribution in [3.8, 4) is 0 Å². The number of hydrogen-bond acceptors (Lipinski definition) is 8. The number of esters is 2. The van der Waals surface area contributed by atoms with Crippen molar-refractivity contribution >= 4 is 17.6 Å². The summed E-state index contributed by atoms with van der Waals surface area (Å²) in [5.41, 5.74) is 2.99. The van der Waals surface area contributed by atoms with Crippen LogP contribution in [0.2, 0.25) is 0 Å². The lowest BCUT2D eigenvalue weighted by Crippen LogP contribution is -2.34. The monoisotopic (exact) mass is 491 g/mol. The second-order valence-corrected chi connectivity index (χ2v) is 9.02. The largest absolute Gasteiger partial charge is 0.466 e. The Hall–Kier alpha value is -3.98. The second-order valence-electron chi connectivity index (χ2n) is 9.02. The number of carbonyl (C=O) groups excluding carboxylic acids is 2. The van der Waals surface area contributed by atoms with Crippen LogP contribution in [-0.4, -0.2) is 48.1 Å². The molecule has 0 amide bonds. The molecular formula is C27H29N3O6. The van der Waals surface area contributed by atoms with Gasteiger partial charge in [0.2, 0.25) is 0 Å². The summed E-state index contributed by atoms with van der Waals surface area (Å²) >= 11 is 0. The molecule has 0 saturated carbocycles. The number of ether oxygens (including phenoxy) is 2. The lowest BCUT2D eigenvalue weighted by molar-refractivity contribution is -0.384. The van der Waals surface area contributed by atoms with E-state index in [2.05, 4.69) is 22.3 Å². The van der Waals surface area contributed by atoms with Gasteiger partial charge in [0.05, 0.1) is 29.1 Å². The van der Waals surface area contributed by atoms with Crippen LogP contribution in [0.25, 0.3) is 0 Å². The lowest BCUT2D eigenvalue weighted by Gasteiger charge is -2.30. The molecular weight excluding hydrogens is 462 g/mol. The normalized spacial score (nSPS) is 20.2. The molecule has 36 heavy (non-hydrogen) atoms. The fraction of sp³-hybridized carbons (Fsp3) is 0.333.